The summed E-state index contributed by atoms with van der Waals surface area (Å²) >= 11 is 0. The van der Waals surface area contributed by atoms with Crippen LogP contribution in [0.4, 0.5) is 23.7 Å². The minimum atomic E-state index is -4.54. The van der Waals surface area contributed by atoms with E-state index in [1.165, 1.54) is 23.8 Å². The Hall–Kier alpha value is -3.27. The number of carbonyl (C=O) groups is 2. The van der Waals surface area contributed by atoms with Gasteiger partial charge in [0.05, 0.1) is 24.9 Å². The first-order valence-corrected chi connectivity index (χ1v) is 11.1. The number of amides is 3. The number of methoxy groups -OCH3 is 1. The number of nitrogens with zero attached hydrogens (tertiary/aromatic N) is 2. The number of rotatable bonds is 8. The second-order valence-corrected chi connectivity index (χ2v) is 8.04. The van der Waals surface area contributed by atoms with Gasteiger partial charge in [0.2, 0.25) is 5.91 Å². The van der Waals surface area contributed by atoms with Crippen LogP contribution in [0.5, 0.6) is 5.75 Å². The molecule has 0 saturated carbocycles. The average Bonchev–Trinajstić information content (AvgIpc) is 2.82. The Morgan fingerprint density at radius 1 is 1.00 bits per heavy atom. The molecule has 0 unspecified atom stereocenters. The van der Waals surface area contributed by atoms with E-state index in [0.29, 0.717) is 32.7 Å². The minimum Gasteiger partial charge on any atom is -0.497 e. The van der Waals surface area contributed by atoms with Crippen molar-refractivity contribution in [2.24, 2.45) is 0 Å². The van der Waals surface area contributed by atoms with Crippen LogP contribution in [0.1, 0.15) is 17.5 Å². The lowest BCUT2D eigenvalue weighted by Gasteiger charge is -2.34. The molecule has 1 heterocycles. The first-order chi connectivity index (χ1) is 16.3. The minimum absolute atomic E-state index is 0.0382. The SMILES string of the molecule is COc1ccc(CCCNC(=O)N2CCN(CC(=O)Nc3ccccc3C(F)(F)F)CC2)cc1. The van der Waals surface area contributed by atoms with Gasteiger partial charge >= 0.3 is 12.2 Å². The van der Waals surface area contributed by atoms with Crippen LogP contribution in [0.2, 0.25) is 0 Å². The topological polar surface area (TPSA) is 73.9 Å². The van der Waals surface area contributed by atoms with E-state index in [2.05, 4.69) is 10.6 Å². The molecule has 0 aliphatic carbocycles. The Balaban J connectivity index is 1.36. The van der Waals surface area contributed by atoms with Crippen molar-refractivity contribution in [1.82, 2.24) is 15.1 Å². The molecule has 10 heteroatoms. The summed E-state index contributed by atoms with van der Waals surface area (Å²) in [5, 5.41) is 5.26. The summed E-state index contributed by atoms with van der Waals surface area (Å²) in [5.41, 5.74) is 0.0317. The number of para-hydroxylation sites is 1. The van der Waals surface area contributed by atoms with Crippen LogP contribution >= 0.6 is 0 Å². The number of urea groups is 1. The summed E-state index contributed by atoms with van der Waals surface area (Å²) in [6.07, 6.45) is -2.90. The molecule has 1 saturated heterocycles. The zero-order valence-corrected chi connectivity index (χ0v) is 19.0. The summed E-state index contributed by atoms with van der Waals surface area (Å²) < 4.78 is 44.4. The lowest BCUT2D eigenvalue weighted by atomic mass is 10.1. The van der Waals surface area contributed by atoms with Gasteiger partial charge in [0.15, 0.2) is 0 Å². The number of hydrogen-bond acceptors (Lipinski definition) is 4. The fraction of sp³-hybridized carbons (Fsp3) is 0.417. The largest absolute Gasteiger partial charge is 0.497 e. The van der Waals surface area contributed by atoms with E-state index in [0.717, 1.165) is 24.7 Å². The predicted molar refractivity (Wildman–Crippen MR) is 123 cm³/mol. The Kier molecular flexibility index (Phi) is 8.75. The monoisotopic (exact) mass is 478 g/mol. The van der Waals surface area contributed by atoms with Gasteiger partial charge in [-0.2, -0.15) is 13.2 Å². The van der Waals surface area contributed by atoms with Crippen molar-refractivity contribution in [1.29, 1.82) is 0 Å². The van der Waals surface area contributed by atoms with Gasteiger partial charge in [-0.25, -0.2) is 4.79 Å². The highest BCUT2D eigenvalue weighted by Crippen LogP contribution is 2.34. The highest BCUT2D eigenvalue weighted by Gasteiger charge is 2.33. The number of hydrogen-bond donors (Lipinski definition) is 2. The van der Waals surface area contributed by atoms with Crippen molar-refractivity contribution in [3.63, 3.8) is 0 Å². The molecule has 2 aromatic carbocycles. The lowest BCUT2D eigenvalue weighted by molar-refractivity contribution is -0.137. The van der Waals surface area contributed by atoms with Gasteiger partial charge in [-0.05, 0) is 42.7 Å². The zero-order valence-electron chi connectivity index (χ0n) is 19.0. The van der Waals surface area contributed by atoms with Crippen molar-refractivity contribution >= 4 is 17.6 Å². The fourth-order valence-electron chi connectivity index (χ4n) is 3.73. The molecule has 1 aliphatic rings. The van der Waals surface area contributed by atoms with E-state index in [1.54, 1.807) is 12.0 Å². The number of piperazine rings is 1. The maximum Gasteiger partial charge on any atom is 0.418 e. The number of halogens is 3. The third-order valence-electron chi connectivity index (χ3n) is 5.61. The summed E-state index contributed by atoms with van der Waals surface area (Å²) in [7, 11) is 1.62. The van der Waals surface area contributed by atoms with E-state index in [9.17, 15) is 22.8 Å². The van der Waals surface area contributed by atoms with Gasteiger partial charge in [-0.3, -0.25) is 9.69 Å². The van der Waals surface area contributed by atoms with Crippen LogP contribution in [0.15, 0.2) is 48.5 Å². The van der Waals surface area contributed by atoms with E-state index >= 15 is 0 Å². The maximum atomic E-state index is 13.1. The number of ether oxygens (including phenoxy) is 1. The second kappa shape index (κ2) is 11.7. The molecule has 0 atom stereocenters. The van der Waals surface area contributed by atoms with Gasteiger partial charge < -0.3 is 20.3 Å². The van der Waals surface area contributed by atoms with Crippen LogP contribution in [-0.2, 0) is 17.4 Å². The number of aryl methyl sites for hydroxylation is 1. The normalized spacial score (nSPS) is 14.5. The highest BCUT2D eigenvalue weighted by molar-refractivity contribution is 5.93. The first kappa shape index (κ1) is 25.4. The highest BCUT2D eigenvalue weighted by atomic mass is 19.4. The summed E-state index contributed by atoms with van der Waals surface area (Å²) in [5.74, 6) is 0.285. The average molecular weight is 479 g/mol. The van der Waals surface area contributed by atoms with Gasteiger partial charge in [-0.1, -0.05) is 24.3 Å². The molecule has 0 bridgehead atoms. The number of anilines is 1. The molecule has 0 radical (unpaired) electrons. The van der Waals surface area contributed by atoms with E-state index < -0.39 is 17.6 Å². The Morgan fingerprint density at radius 2 is 1.68 bits per heavy atom. The third kappa shape index (κ3) is 7.38. The predicted octanol–water partition coefficient (Wildman–Crippen LogP) is 3.61. The first-order valence-electron chi connectivity index (χ1n) is 11.1. The molecule has 3 amide bonds. The number of benzene rings is 2. The van der Waals surface area contributed by atoms with E-state index in [-0.39, 0.29) is 18.3 Å². The van der Waals surface area contributed by atoms with Crippen molar-refractivity contribution < 1.29 is 27.5 Å². The number of carbonyl (C=O) groups excluding carboxylic acids is 2. The van der Waals surface area contributed by atoms with Crippen molar-refractivity contribution in [2.75, 3.05) is 51.7 Å². The number of nitrogens with one attached hydrogen (secondary N) is 2. The molecule has 34 heavy (non-hydrogen) atoms. The summed E-state index contributed by atoms with van der Waals surface area (Å²) in [6, 6.07) is 12.5. The van der Waals surface area contributed by atoms with Crippen LogP contribution in [0, 0.1) is 0 Å². The summed E-state index contributed by atoms with van der Waals surface area (Å²) in [6.45, 7) is 2.32. The molecule has 1 fully saturated rings. The molecular formula is C24H29F3N4O3. The quantitative estimate of drug-likeness (QED) is 0.569. The molecule has 7 nitrogen and oxygen atoms in total. The number of alkyl halides is 3. The molecule has 2 aromatic rings. The molecular weight excluding hydrogens is 449 g/mol. The maximum absolute atomic E-state index is 13.1. The summed E-state index contributed by atoms with van der Waals surface area (Å²) in [4.78, 5) is 28.2. The van der Waals surface area contributed by atoms with E-state index in [1.807, 2.05) is 29.2 Å². The van der Waals surface area contributed by atoms with Crippen LogP contribution in [0.3, 0.4) is 0 Å². The zero-order chi connectivity index (χ0) is 24.6. The van der Waals surface area contributed by atoms with E-state index in [4.69, 9.17) is 4.74 Å². The van der Waals surface area contributed by atoms with Gasteiger partial charge in [0.1, 0.15) is 5.75 Å². The molecule has 184 valence electrons. The van der Waals surface area contributed by atoms with Crippen molar-refractivity contribution in [3.8, 4) is 5.75 Å². The van der Waals surface area contributed by atoms with Crippen LogP contribution in [0.25, 0.3) is 0 Å². The van der Waals surface area contributed by atoms with Gasteiger partial charge in [-0.15, -0.1) is 0 Å². The third-order valence-corrected chi connectivity index (χ3v) is 5.61. The van der Waals surface area contributed by atoms with Crippen molar-refractivity contribution in [2.45, 2.75) is 19.0 Å². The fourth-order valence-corrected chi connectivity index (χ4v) is 3.73. The Morgan fingerprint density at radius 3 is 2.32 bits per heavy atom. The van der Waals surface area contributed by atoms with Gasteiger partial charge in [0.25, 0.3) is 0 Å². The van der Waals surface area contributed by atoms with Crippen molar-refractivity contribution in [3.05, 3.63) is 59.7 Å². The molecule has 2 N–H and O–H groups in total. The smallest absolute Gasteiger partial charge is 0.418 e. The Labute approximate surface area is 196 Å². The molecule has 3 rings (SSSR count). The van der Waals surface area contributed by atoms with Crippen LogP contribution < -0.4 is 15.4 Å². The molecule has 0 spiro atoms. The van der Waals surface area contributed by atoms with Gasteiger partial charge in [0, 0.05) is 32.7 Å². The molecule has 0 aromatic heterocycles. The second-order valence-electron chi connectivity index (χ2n) is 8.04. The standard InChI is InChI=1S/C24H29F3N4O3/c1-34-19-10-8-18(9-11-19)5-4-12-28-23(33)31-15-13-30(14-16-31)17-22(32)29-21-7-3-2-6-20(21)24(25,26)27/h2-3,6-11H,4-5,12-17H2,1H3,(H,28,33)(H,29,32). The van der Waals surface area contributed by atoms with Crippen LogP contribution in [-0.4, -0.2) is 68.1 Å². The lowest BCUT2D eigenvalue weighted by Crippen LogP contribution is -2.53. The molecule has 1 aliphatic heterocycles. The Bertz CT molecular complexity index is 959.